The van der Waals surface area contributed by atoms with Crippen molar-refractivity contribution < 1.29 is 9.53 Å². The quantitative estimate of drug-likeness (QED) is 0.890. The number of halogens is 1. The first kappa shape index (κ1) is 13.0. The minimum absolute atomic E-state index is 0.0770. The van der Waals surface area contributed by atoms with Gasteiger partial charge in [-0.25, -0.2) is 0 Å². The van der Waals surface area contributed by atoms with Crippen LogP contribution in [0, 0.1) is 0 Å². The molecular formula is C11H15BrN2O2. The monoisotopic (exact) mass is 286 g/mol. The molecule has 0 saturated heterocycles. The first-order chi connectivity index (χ1) is 7.58. The molecule has 4 nitrogen and oxygen atoms in total. The molecule has 0 aliphatic rings. The third-order valence-electron chi connectivity index (χ3n) is 2.24. The molecule has 88 valence electrons. The number of methoxy groups -OCH3 is 1. The van der Waals surface area contributed by atoms with Crippen LogP contribution in [0.4, 0.5) is 5.69 Å². The summed E-state index contributed by atoms with van der Waals surface area (Å²) >= 11 is 3.35. The Balaban J connectivity index is 2.78. The van der Waals surface area contributed by atoms with Crippen molar-refractivity contribution in [3.63, 3.8) is 0 Å². The van der Waals surface area contributed by atoms with Crippen molar-refractivity contribution in [3.8, 4) is 5.75 Å². The zero-order valence-electron chi connectivity index (χ0n) is 9.50. The number of amides is 1. The fourth-order valence-electron chi connectivity index (χ4n) is 1.12. The molecule has 0 heterocycles. The van der Waals surface area contributed by atoms with E-state index in [2.05, 4.69) is 26.6 Å². The van der Waals surface area contributed by atoms with E-state index in [0.29, 0.717) is 11.4 Å². The maximum Gasteiger partial charge on any atom is 0.241 e. The molecule has 0 aliphatic heterocycles. The second-order valence-electron chi connectivity index (χ2n) is 3.35. The van der Waals surface area contributed by atoms with E-state index < -0.39 is 0 Å². The normalized spacial score (nSPS) is 12.0. The topological polar surface area (TPSA) is 50.4 Å². The molecule has 0 aliphatic carbocycles. The number of ether oxygens (including phenoxy) is 1. The van der Waals surface area contributed by atoms with Gasteiger partial charge in [0.1, 0.15) is 5.75 Å². The Labute approximate surface area is 103 Å². The summed E-state index contributed by atoms with van der Waals surface area (Å²) in [6, 6.07) is 5.19. The molecule has 0 fully saturated rings. The summed E-state index contributed by atoms with van der Waals surface area (Å²) in [5.41, 5.74) is 0.715. The Morgan fingerprint density at radius 1 is 1.50 bits per heavy atom. The van der Waals surface area contributed by atoms with Crippen LogP contribution in [0.1, 0.15) is 6.92 Å². The lowest BCUT2D eigenvalue weighted by Crippen LogP contribution is -2.35. The fourth-order valence-corrected chi connectivity index (χ4v) is 1.53. The summed E-state index contributed by atoms with van der Waals surface area (Å²) in [5.74, 6) is 0.613. The summed E-state index contributed by atoms with van der Waals surface area (Å²) in [6.45, 7) is 1.80. The molecule has 0 spiro atoms. The van der Waals surface area contributed by atoms with Crippen LogP contribution < -0.4 is 15.4 Å². The average Bonchev–Trinajstić information content (AvgIpc) is 2.30. The first-order valence-electron chi connectivity index (χ1n) is 4.90. The predicted octanol–water partition coefficient (Wildman–Crippen LogP) is 2.00. The maximum absolute atomic E-state index is 11.6. The molecule has 16 heavy (non-hydrogen) atoms. The van der Waals surface area contributed by atoms with Crippen LogP contribution in [0.2, 0.25) is 0 Å². The number of rotatable bonds is 4. The van der Waals surface area contributed by atoms with Gasteiger partial charge in [0.15, 0.2) is 0 Å². The van der Waals surface area contributed by atoms with Gasteiger partial charge in [-0.05, 0) is 42.0 Å². The minimum atomic E-state index is -0.227. The van der Waals surface area contributed by atoms with Gasteiger partial charge in [0.25, 0.3) is 0 Å². The summed E-state index contributed by atoms with van der Waals surface area (Å²) in [7, 11) is 3.33. The van der Waals surface area contributed by atoms with Crippen LogP contribution in [0.15, 0.2) is 22.7 Å². The lowest BCUT2D eigenvalue weighted by molar-refractivity contribution is -0.117. The summed E-state index contributed by atoms with van der Waals surface area (Å²) in [6.07, 6.45) is 0. The molecule has 0 saturated carbocycles. The smallest absolute Gasteiger partial charge is 0.241 e. The molecule has 1 rings (SSSR count). The number of anilines is 1. The number of likely N-dealkylation sites (N-methyl/N-ethyl adjacent to an activating group) is 1. The molecule has 1 atom stereocenters. The Hall–Kier alpha value is -1.07. The molecule has 1 amide bonds. The zero-order chi connectivity index (χ0) is 12.1. The largest absolute Gasteiger partial charge is 0.495 e. The van der Waals surface area contributed by atoms with Crippen molar-refractivity contribution in [1.82, 2.24) is 5.32 Å². The number of hydrogen-bond acceptors (Lipinski definition) is 3. The molecule has 0 aromatic heterocycles. The van der Waals surface area contributed by atoms with E-state index in [0.717, 1.165) is 4.47 Å². The highest BCUT2D eigenvalue weighted by Crippen LogP contribution is 2.27. The molecule has 1 aromatic carbocycles. The molecule has 2 N–H and O–H groups in total. The standard InChI is InChI=1S/C11H15BrN2O2/c1-7(13-2)11(15)14-8-4-5-9(12)10(6-8)16-3/h4-7,13H,1-3H3,(H,14,15). The van der Waals surface area contributed by atoms with E-state index in [4.69, 9.17) is 4.74 Å². The lowest BCUT2D eigenvalue weighted by Gasteiger charge is -2.12. The van der Waals surface area contributed by atoms with Gasteiger partial charge in [-0.2, -0.15) is 0 Å². The van der Waals surface area contributed by atoms with E-state index in [9.17, 15) is 4.79 Å². The first-order valence-corrected chi connectivity index (χ1v) is 5.69. The fraction of sp³-hybridized carbons (Fsp3) is 0.364. The number of carbonyl (C=O) groups is 1. The van der Waals surface area contributed by atoms with Crippen molar-refractivity contribution in [3.05, 3.63) is 22.7 Å². The highest BCUT2D eigenvalue weighted by atomic mass is 79.9. The van der Waals surface area contributed by atoms with Crippen LogP contribution in [0.3, 0.4) is 0 Å². The molecule has 0 radical (unpaired) electrons. The molecule has 1 aromatic rings. The van der Waals surface area contributed by atoms with Gasteiger partial charge < -0.3 is 15.4 Å². The zero-order valence-corrected chi connectivity index (χ0v) is 11.1. The van der Waals surface area contributed by atoms with Crippen LogP contribution in [-0.2, 0) is 4.79 Å². The summed E-state index contributed by atoms with van der Waals surface area (Å²) in [5, 5.41) is 5.66. The van der Waals surface area contributed by atoms with Gasteiger partial charge >= 0.3 is 0 Å². The number of nitrogens with one attached hydrogen (secondary N) is 2. The second-order valence-corrected chi connectivity index (χ2v) is 4.20. The third kappa shape index (κ3) is 3.21. The van der Waals surface area contributed by atoms with Crippen molar-refractivity contribution in [2.24, 2.45) is 0 Å². The Morgan fingerprint density at radius 2 is 2.19 bits per heavy atom. The van der Waals surface area contributed by atoms with Gasteiger partial charge in [0.2, 0.25) is 5.91 Å². The van der Waals surface area contributed by atoms with E-state index in [1.54, 1.807) is 27.1 Å². The van der Waals surface area contributed by atoms with Gasteiger partial charge in [0, 0.05) is 11.8 Å². The molecule has 1 unspecified atom stereocenters. The van der Waals surface area contributed by atoms with Crippen LogP contribution in [0.25, 0.3) is 0 Å². The predicted molar refractivity (Wildman–Crippen MR) is 67.8 cm³/mol. The van der Waals surface area contributed by atoms with Crippen molar-refractivity contribution >= 4 is 27.5 Å². The highest BCUT2D eigenvalue weighted by molar-refractivity contribution is 9.10. The Morgan fingerprint density at radius 3 is 2.75 bits per heavy atom. The van der Waals surface area contributed by atoms with Crippen molar-refractivity contribution in [1.29, 1.82) is 0 Å². The Kier molecular flexibility index (Phi) is 4.76. The third-order valence-corrected chi connectivity index (χ3v) is 2.90. The summed E-state index contributed by atoms with van der Waals surface area (Å²) in [4.78, 5) is 11.6. The van der Waals surface area contributed by atoms with Gasteiger partial charge in [-0.3, -0.25) is 4.79 Å². The van der Waals surface area contributed by atoms with E-state index in [1.165, 1.54) is 0 Å². The molecule has 0 bridgehead atoms. The SMILES string of the molecule is CNC(C)C(=O)Nc1ccc(Br)c(OC)c1. The van der Waals surface area contributed by atoms with Gasteiger partial charge in [0.05, 0.1) is 17.6 Å². The second kappa shape index (κ2) is 5.86. The van der Waals surface area contributed by atoms with Crippen LogP contribution >= 0.6 is 15.9 Å². The summed E-state index contributed by atoms with van der Waals surface area (Å²) < 4.78 is 6.00. The number of carbonyl (C=O) groups excluding carboxylic acids is 1. The highest BCUT2D eigenvalue weighted by Gasteiger charge is 2.11. The average molecular weight is 287 g/mol. The Bertz CT molecular complexity index is 382. The molecule has 5 heteroatoms. The maximum atomic E-state index is 11.6. The van der Waals surface area contributed by atoms with Crippen molar-refractivity contribution in [2.75, 3.05) is 19.5 Å². The van der Waals surface area contributed by atoms with Crippen LogP contribution in [-0.4, -0.2) is 26.1 Å². The lowest BCUT2D eigenvalue weighted by atomic mass is 10.2. The van der Waals surface area contributed by atoms with Crippen LogP contribution in [0.5, 0.6) is 5.75 Å². The van der Waals surface area contributed by atoms with Gasteiger partial charge in [-0.15, -0.1) is 0 Å². The van der Waals surface area contributed by atoms with E-state index >= 15 is 0 Å². The molecular weight excluding hydrogens is 272 g/mol. The van der Waals surface area contributed by atoms with Crippen molar-refractivity contribution in [2.45, 2.75) is 13.0 Å². The van der Waals surface area contributed by atoms with E-state index in [1.807, 2.05) is 12.1 Å². The minimum Gasteiger partial charge on any atom is -0.495 e. The van der Waals surface area contributed by atoms with E-state index in [-0.39, 0.29) is 11.9 Å². The number of hydrogen-bond donors (Lipinski definition) is 2. The number of benzene rings is 1. The van der Waals surface area contributed by atoms with Gasteiger partial charge in [-0.1, -0.05) is 0 Å².